The van der Waals surface area contributed by atoms with Crippen LogP contribution in [0, 0.1) is 0 Å². The fourth-order valence-corrected chi connectivity index (χ4v) is 2.75. The highest BCUT2D eigenvalue weighted by atomic mass is 35.5. The summed E-state index contributed by atoms with van der Waals surface area (Å²) in [4.78, 5) is 8.83. The first-order valence-electron chi connectivity index (χ1n) is 5.98. The maximum absolute atomic E-state index is 6.21. The maximum atomic E-state index is 6.21. The molecule has 0 aliphatic carbocycles. The molecular formula is C12H18Cl2N4. The fraction of sp³-hybridized carbons (Fsp3) is 0.583. The molecule has 1 aliphatic rings. The van der Waals surface area contributed by atoms with Gasteiger partial charge in [-0.25, -0.2) is 4.98 Å². The zero-order valence-corrected chi connectivity index (χ0v) is 12.3. The van der Waals surface area contributed by atoms with Crippen LogP contribution < -0.4 is 10.6 Å². The van der Waals surface area contributed by atoms with Gasteiger partial charge in [0, 0.05) is 25.2 Å². The van der Waals surface area contributed by atoms with Crippen molar-refractivity contribution < 1.29 is 0 Å². The highest BCUT2D eigenvalue weighted by Crippen LogP contribution is 2.31. The van der Waals surface area contributed by atoms with Crippen molar-refractivity contribution >= 4 is 34.8 Å². The van der Waals surface area contributed by atoms with Crippen molar-refractivity contribution in [1.29, 1.82) is 0 Å². The van der Waals surface area contributed by atoms with Gasteiger partial charge in [0.25, 0.3) is 0 Å². The lowest BCUT2D eigenvalue weighted by Gasteiger charge is -2.43. The first kappa shape index (κ1) is 13.7. The van der Waals surface area contributed by atoms with Crippen LogP contribution >= 0.6 is 23.2 Å². The largest absolute Gasteiger partial charge is 0.382 e. The average molecular weight is 289 g/mol. The number of likely N-dealkylation sites (N-methyl/N-ethyl adjacent to an activating group) is 1. The van der Waals surface area contributed by atoms with Crippen LogP contribution in [-0.4, -0.2) is 42.1 Å². The second kappa shape index (κ2) is 5.11. The Labute approximate surface area is 118 Å². The van der Waals surface area contributed by atoms with Crippen LogP contribution in [0.4, 0.5) is 11.6 Å². The van der Waals surface area contributed by atoms with Gasteiger partial charge in [-0.1, -0.05) is 23.2 Å². The zero-order chi connectivity index (χ0) is 13.4. The molecule has 0 aromatic carbocycles. The minimum absolute atomic E-state index is 0.329. The van der Waals surface area contributed by atoms with E-state index in [4.69, 9.17) is 28.9 Å². The van der Waals surface area contributed by atoms with Crippen LogP contribution in [0.2, 0.25) is 10.0 Å². The molecule has 1 aromatic rings. The third kappa shape index (κ3) is 2.51. The van der Waals surface area contributed by atoms with Gasteiger partial charge in [-0.2, -0.15) is 0 Å². The predicted octanol–water partition coefficient (Wildman–Crippen LogP) is 2.50. The van der Waals surface area contributed by atoms with E-state index < -0.39 is 0 Å². The number of nitrogens with two attached hydrogens (primary N) is 1. The molecule has 2 unspecified atom stereocenters. The number of hydrogen-bond donors (Lipinski definition) is 1. The molecule has 2 atom stereocenters. The minimum atomic E-state index is 0.329. The van der Waals surface area contributed by atoms with Crippen molar-refractivity contribution in [3.05, 3.63) is 16.1 Å². The molecule has 6 heteroatoms. The number of nitrogen functional groups attached to an aromatic ring is 1. The topological polar surface area (TPSA) is 45.4 Å². The normalized spacial score (nSPS) is 25.5. The van der Waals surface area contributed by atoms with E-state index in [9.17, 15) is 0 Å². The van der Waals surface area contributed by atoms with E-state index in [0.29, 0.717) is 27.9 Å². The molecule has 0 saturated carbocycles. The van der Waals surface area contributed by atoms with Crippen LogP contribution in [0.25, 0.3) is 0 Å². The van der Waals surface area contributed by atoms with Gasteiger partial charge >= 0.3 is 0 Å². The van der Waals surface area contributed by atoms with Crippen molar-refractivity contribution in [1.82, 2.24) is 9.88 Å². The quantitative estimate of drug-likeness (QED) is 0.863. The summed E-state index contributed by atoms with van der Waals surface area (Å²) in [6.45, 7) is 6.15. The lowest BCUT2D eigenvalue weighted by atomic mass is 10.1. The SMILES string of the molecule is CC1CN(c2nc(N)c(Cl)cc2Cl)CC(C)N1C. The Kier molecular flexibility index (Phi) is 3.90. The molecule has 2 rings (SSSR count). The number of piperazine rings is 1. The number of halogens is 2. The summed E-state index contributed by atoms with van der Waals surface area (Å²) in [5, 5.41) is 0.956. The summed E-state index contributed by atoms with van der Waals surface area (Å²) in [6, 6.07) is 2.56. The third-order valence-corrected chi connectivity index (χ3v) is 4.18. The number of hydrogen-bond acceptors (Lipinski definition) is 4. The van der Waals surface area contributed by atoms with Gasteiger partial charge in [0.15, 0.2) is 0 Å². The maximum Gasteiger partial charge on any atom is 0.150 e. The molecular weight excluding hydrogens is 271 g/mol. The summed E-state index contributed by atoms with van der Waals surface area (Å²) in [5.74, 6) is 1.06. The van der Waals surface area contributed by atoms with Crippen molar-refractivity contribution in [3.8, 4) is 0 Å². The van der Waals surface area contributed by atoms with Gasteiger partial charge in [-0.3, -0.25) is 4.90 Å². The number of aromatic nitrogens is 1. The molecule has 18 heavy (non-hydrogen) atoms. The fourth-order valence-electron chi connectivity index (χ4n) is 2.27. The number of rotatable bonds is 1. The van der Waals surface area contributed by atoms with Crippen LogP contribution in [0.1, 0.15) is 13.8 Å². The lowest BCUT2D eigenvalue weighted by molar-refractivity contribution is 0.169. The van der Waals surface area contributed by atoms with E-state index in [1.165, 1.54) is 0 Å². The van der Waals surface area contributed by atoms with Gasteiger partial charge in [-0.15, -0.1) is 0 Å². The molecule has 0 bridgehead atoms. The van der Waals surface area contributed by atoms with E-state index in [1.807, 2.05) is 0 Å². The van der Waals surface area contributed by atoms with Crippen molar-refractivity contribution in [3.63, 3.8) is 0 Å². The highest BCUT2D eigenvalue weighted by Gasteiger charge is 2.28. The Hall–Kier alpha value is -0.710. The third-order valence-electron chi connectivity index (χ3n) is 3.60. The molecule has 0 spiro atoms. The Balaban J connectivity index is 2.29. The molecule has 0 radical (unpaired) electrons. The molecule has 1 fully saturated rings. The minimum Gasteiger partial charge on any atom is -0.382 e. The van der Waals surface area contributed by atoms with Gasteiger partial charge < -0.3 is 10.6 Å². The van der Waals surface area contributed by atoms with Gasteiger partial charge in [0.05, 0.1) is 10.0 Å². The van der Waals surface area contributed by atoms with E-state index in [2.05, 4.69) is 35.7 Å². The van der Waals surface area contributed by atoms with E-state index in [-0.39, 0.29) is 0 Å². The van der Waals surface area contributed by atoms with E-state index >= 15 is 0 Å². The standard InChI is InChI=1S/C12H18Cl2N4/c1-7-5-18(6-8(2)17(7)3)12-10(14)4-9(13)11(15)16-12/h4,7-8H,5-6H2,1-3H3,(H2,15,16). The van der Waals surface area contributed by atoms with Gasteiger partial charge in [0.1, 0.15) is 11.6 Å². The second-order valence-electron chi connectivity index (χ2n) is 4.93. The number of anilines is 2. The van der Waals surface area contributed by atoms with Crippen LogP contribution in [0.15, 0.2) is 6.07 Å². The number of pyridine rings is 1. The first-order chi connectivity index (χ1) is 8.40. The summed E-state index contributed by atoms with van der Waals surface area (Å²) in [5.41, 5.74) is 5.75. The van der Waals surface area contributed by atoms with Gasteiger partial charge in [-0.05, 0) is 27.0 Å². The summed E-state index contributed by atoms with van der Waals surface area (Å²) in [7, 11) is 2.14. The Morgan fingerprint density at radius 3 is 2.33 bits per heavy atom. The van der Waals surface area contributed by atoms with Gasteiger partial charge in [0.2, 0.25) is 0 Å². The van der Waals surface area contributed by atoms with Crippen LogP contribution in [0.3, 0.4) is 0 Å². The molecule has 2 heterocycles. The summed E-state index contributed by atoms with van der Waals surface area (Å²) >= 11 is 12.1. The van der Waals surface area contributed by atoms with Crippen molar-refractivity contribution in [2.45, 2.75) is 25.9 Å². The molecule has 2 N–H and O–H groups in total. The average Bonchev–Trinajstić information content (AvgIpc) is 2.30. The predicted molar refractivity (Wildman–Crippen MR) is 77.6 cm³/mol. The van der Waals surface area contributed by atoms with Crippen molar-refractivity contribution in [2.24, 2.45) is 0 Å². The van der Waals surface area contributed by atoms with Crippen molar-refractivity contribution in [2.75, 3.05) is 30.8 Å². The molecule has 4 nitrogen and oxygen atoms in total. The number of nitrogens with zero attached hydrogens (tertiary/aromatic N) is 3. The molecule has 1 saturated heterocycles. The van der Waals surface area contributed by atoms with Crippen LogP contribution in [0.5, 0.6) is 0 Å². The molecule has 0 amide bonds. The van der Waals surface area contributed by atoms with Crippen LogP contribution in [-0.2, 0) is 0 Å². The molecule has 100 valence electrons. The Morgan fingerprint density at radius 1 is 1.22 bits per heavy atom. The van der Waals surface area contributed by atoms with E-state index in [0.717, 1.165) is 18.9 Å². The molecule has 1 aromatic heterocycles. The summed E-state index contributed by atoms with van der Waals surface area (Å²) in [6.07, 6.45) is 0. The Morgan fingerprint density at radius 2 is 1.78 bits per heavy atom. The second-order valence-corrected chi connectivity index (χ2v) is 5.74. The Bertz CT molecular complexity index is 440. The smallest absolute Gasteiger partial charge is 0.150 e. The molecule has 1 aliphatic heterocycles. The van der Waals surface area contributed by atoms with E-state index in [1.54, 1.807) is 6.07 Å². The lowest BCUT2D eigenvalue weighted by Crippen LogP contribution is -2.55. The highest BCUT2D eigenvalue weighted by molar-refractivity contribution is 6.37. The first-order valence-corrected chi connectivity index (χ1v) is 6.74. The zero-order valence-electron chi connectivity index (χ0n) is 10.8. The monoisotopic (exact) mass is 288 g/mol. The summed E-state index contributed by atoms with van der Waals surface area (Å²) < 4.78 is 0.